The minimum Gasteiger partial charge on any atom is -0.325 e. The first-order valence-corrected chi connectivity index (χ1v) is 9.92. The summed E-state index contributed by atoms with van der Waals surface area (Å²) in [4.78, 5) is 12.9. The van der Waals surface area contributed by atoms with Crippen LogP contribution in [0.4, 0.5) is 24.8 Å². The van der Waals surface area contributed by atoms with E-state index in [0.29, 0.717) is 24.7 Å². The van der Waals surface area contributed by atoms with Gasteiger partial charge in [-0.3, -0.25) is 0 Å². The molecule has 2 aromatic heterocycles. The standard InChI is InChI=1S/C17H20F3N5OS/c1-10(2)16-22-13(11-8-25(9-11)27(3)26)7-15(24-16)23-14-6-12(4-5-21-14)17(18,19)20/h4-7,10-11H,8-9H2,1-3H3,(H,21,22,23,24). The summed E-state index contributed by atoms with van der Waals surface area (Å²) in [6.45, 7) is 5.14. The Morgan fingerprint density at radius 1 is 1.22 bits per heavy atom. The van der Waals surface area contributed by atoms with E-state index in [-0.39, 0.29) is 17.7 Å². The van der Waals surface area contributed by atoms with E-state index in [2.05, 4.69) is 20.3 Å². The van der Waals surface area contributed by atoms with E-state index in [1.165, 1.54) is 0 Å². The van der Waals surface area contributed by atoms with Gasteiger partial charge >= 0.3 is 6.18 Å². The number of nitrogens with one attached hydrogen (secondary N) is 1. The lowest BCUT2D eigenvalue weighted by molar-refractivity contribution is -0.137. The minimum absolute atomic E-state index is 0.0523. The third-order valence-electron chi connectivity index (χ3n) is 4.25. The number of pyridine rings is 1. The molecule has 2 aromatic rings. The summed E-state index contributed by atoms with van der Waals surface area (Å²) < 4.78 is 52.0. The van der Waals surface area contributed by atoms with Crippen LogP contribution in [-0.2, 0) is 17.2 Å². The van der Waals surface area contributed by atoms with Crippen molar-refractivity contribution in [2.45, 2.75) is 31.9 Å². The summed E-state index contributed by atoms with van der Waals surface area (Å²) in [5.41, 5.74) is 0.00305. The maximum atomic E-state index is 12.9. The molecule has 0 aromatic carbocycles. The lowest BCUT2D eigenvalue weighted by Gasteiger charge is -2.36. The number of hydrogen-bond acceptors (Lipinski definition) is 5. The average molecular weight is 399 g/mol. The molecular formula is C17H20F3N5OS. The molecule has 1 fully saturated rings. The van der Waals surface area contributed by atoms with Crippen LogP contribution in [0.25, 0.3) is 0 Å². The first kappa shape index (κ1) is 19.7. The number of anilines is 2. The van der Waals surface area contributed by atoms with Crippen LogP contribution in [0, 0.1) is 0 Å². The summed E-state index contributed by atoms with van der Waals surface area (Å²) in [6, 6.07) is 3.58. The first-order chi connectivity index (χ1) is 12.6. The quantitative estimate of drug-likeness (QED) is 0.834. The summed E-state index contributed by atoms with van der Waals surface area (Å²) in [5.74, 6) is 1.22. The molecule has 3 heterocycles. The first-order valence-electron chi connectivity index (χ1n) is 8.41. The van der Waals surface area contributed by atoms with Gasteiger partial charge in [0.2, 0.25) is 0 Å². The normalized spacial score (nSPS) is 17.0. The highest BCUT2D eigenvalue weighted by Gasteiger charge is 2.33. The van der Waals surface area contributed by atoms with Gasteiger partial charge in [-0.2, -0.15) is 13.2 Å². The molecule has 0 bridgehead atoms. The summed E-state index contributed by atoms with van der Waals surface area (Å²) in [7, 11) is -1.02. The predicted molar refractivity (Wildman–Crippen MR) is 97.0 cm³/mol. The molecule has 1 atom stereocenters. The van der Waals surface area contributed by atoms with E-state index in [0.717, 1.165) is 24.0 Å². The SMILES string of the molecule is CC(C)c1nc(Nc2cc(C(F)(F)F)ccn2)cc(C2CN(S(C)=O)C2)n1. The van der Waals surface area contributed by atoms with Crippen LogP contribution in [0.3, 0.4) is 0 Å². The fourth-order valence-electron chi connectivity index (χ4n) is 2.66. The Morgan fingerprint density at radius 2 is 1.93 bits per heavy atom. The lowest BCUT2D eigenvalue weighted by Crippen LogP contribution is -2.45. The van der Waals surface area contributed by atoms with E-state index < -0.39 is 22.7 Å². The van der Waals surface area contributed by atoms with Gasteiger partial charge in [0, 0.05) is 43.4 Å². The molecule has 0 saturated carbocycles. The maximum absolute atomic E-state index is 12.9. The fraction of sp³-hybridized carbons (Fsp3) is 0.471. The van der Waals surface area contributed by atoms with Crippen LogP contribution in [0.15, 0.2) is 24.4 Å². The highest BCUT2D eigenvalue weighted by molar-refractivity contribution is 7.81. The summed E-state index contributed by atoms with van der Waals surface area (Å²) in [5, 5.41) is 2.85. The Kier molecular flexibility index (Phi) is 5.48. The molecule has 0 radical (unpaired) electrons. The van der Waals surface area contributed by atoms with Crippen molar-refractivity contribution in [3.05, 3.63) is 41.5 Å². The van der Waals surface area contributed by atoms with Gasteiger partial charge < -0.3 is 5.32 Å². The van der Waals surface area contributed by atoms with Gasteiger partial charge in [0.1, 0.15) is 17.5 Å². The minimum atomic E-state index is -4.44. The molecule has 146 valence electrons. The van der Waals surface area contributed by atoms with Gasteiger partial charge in [0.15, 0.2) is 0 Å². The Bertz CT molecular complexity index is 853. The van der Waals surface area contributed by atoms with Crippen molar-refractivity contribution in [2.75, 3.05) is 24.7 Å². The van der Waals surface area contributed by atoms with Crippen molar-refractivity contribution in [3.8, 4) is 0 Å². The number of aromatic nitrogens is 3. The molecule has 1 unspecified atom stereocenters. The van der Waals surface area contributed by atoms with Crippen molar-refractivity contribution in [1.82, 2.24) is 19.3 Å². The lowest BCUT2D eigenvalue weighted by atomic mass is 9.98. The molecule has 0 aliphatic carbocycles. The van der Waals surface area contributed by atoms with Crippen LogP contribution in [0.2, 0.25) is 0 Å². The number of nitrogens with zero attached hydrogens (tertiary/aromatic N) is 4. The molecule has 0 spiro atoms. The van der Waals surface area contributed by atoms with Gasteiger partial charge in [-0.1, -0.05) is 13.8 Å². The highest BCUT2D eigenvalue weighted by Crippen LogP contribution is 2.32. The Morgan fingerprint density at radius 3 is 2.52 bits per heavy atom. The monoisotopic (exact) mass is 399 g/mol. The van der Waals surface area contributed by atoms with E-state index in [1.807, 2.05) is 18.2 Å². The highest BCUT2D eigenvalue weighted by atomic mass is 32.2. The molecule has 1 saturated heterocycles. The van der Waals surface area contributed by atoms with E-state index >= 15 is 0 Å². The fourth-order valence-corrected chi connectivity index (χ4v) is 3.44. The number of hydrogen-bond donors (Lipinski definition) is 1. The van der Waals surface area contributed by atoms with Crippen molar-refractivity contribution in [3.63, 3.8) is 0 Å². The van der Waals surface area contributed by atoms with Crippen molar-refractivity contribution < 1.29 is 17.4 Å². The number of halogens is 3. The third kappa shape index (κ3) is 4.62. The predicted octanol–water partition coefficient (Wildman–Crippen LogP) is 3.45. The van der Waals surface area contributed by atoms with Gasteiger partial charge in [-0.15, -0.1) is 0 Å². The molecule has 10 heteroatoms. The van der Waals surface area contributed by atoms with Crippen molar-refractivity contribution in [2.24, 2.45) is 0 Å². The zero-order valence-corrected chi connectivity index (χ0v) is 15.9. The second-order valence-corrected chi connectivity index (χ2v) is 8.08. The molecule has 6 nitrogen and oxygen atoms in total. The molecule has 3 rings (SSSR count). The van der Waals surface area contributed by atoms with E-state index in [9.17, 15) is 17.4 Å². The second kappa shape index (κ2) is 7.51. The van der Waals surface area contributed by atoms with Crippen LogP contribution in [-0.4, -0.2) is 42.8 Å². The average Bonchev–Trinajstić information content (AvgIpc) is 2.52. The third-order valence-corrected chi connectivity index (χ3v) is 5.28. The van der Waals surface area contributed by atoms with Crippen LogP contribution >= 0.6 is 0 Å². The molecule has 1 aliphatic rings. The van der Waals surface area contributed by atoms with Gasteiger partial charge in [0.05, 0.1) is 22.2 Å². The topological polar surface area (TPSA) is 71.0 Å². The zero-order valence-electron chi connectivity index (χ0n) is 15.1. The maximum Gasteiger partial charge on any atom is 0.416 e. The molecule has 1 aliphatic heterocycles. The van der Waals surface area contributed by atoms with Gasteiger partial charge in [0.25, 0.3) is 0 Å². The smallest absolute Gasteiger partial charge is 0.325 e. The van der Waals surface area contributed by atoms with E-state index in [1.54, 1.807) is 12.3 Å². The van der Waals surface area contributed by atoms with Gasteiger partial charge in [-0.05, 0) is 12.1 Å². The molecule has 27 heavy (non-hydrogen) atoms. The summed E-state index contributed by atoms with van der Waals surface area (Å²) >= 11 is 0. The number of alkyl halides is 3. The van der Waals surface area contributed by atoms with Crippen molar-refractivity contribution in [1.29, 1.82) is 0 Å². The Balaban J connectivity index is 1.86. The molecule has 1 N–H and O–H groups in total. The van der Waals surface area contributed by atoms with Gasteiger partial charge in [-0.25, -0.2) is 23.5 Å². The Hall–Kier alpha value is -2.07. The zero-order chi connectivity index (χ0) is 19.8. The Labute approximate surface area is 157 Å². The molecule has 0 amide bonds. The van der Waals surface area contributed by atoms with Crippen LogP contribution in [0.5, 0.6) is 0 Å². The summed E-state index contributed by atoms with van der Waals surface area (Å²) in [6.07, 6.45) is -1.70. The second-order valence-electron chi connectivity index (χ2n) is 6.71. The van der Waals surface area contributed by atoms with Crippen molar-refractivity contribution >= 4 is 22.6 Å². The number of rotatable bonds is 5. The van der Waals surface area contributed by atoms with E-state index in [4.69, 9.17) is 0 Å². The molecular weight excluding hydrogens is 379 g/mol. The largest absolute Gasteiger partial charge is 0.416 e. The van der Waals surface area contributed by atoms with Crippen LogP contribution in [0.1, 0.15) is 42.8 Å². The van der Waals surface area contributed by atoms with Crippen LogP contribution < -0.4 is 5.32 Å².